The lowest BCUT2D eigenvalue weighted by Gasteiger charge is -2.03. The van der Waals surface area contributed by atoms with E-state index in [1.807, 2.05) is 30.5 Å². The van der Waals surface area contributed by atoms with Gasteiger partial charge < -0.3 is 10.7 Å². The molecule has 0 unspecified atom stereocenters. The third-order valence-corrected chi connectivity index (χ3v) is 2.91. The van der Waals surface area contributed by atoms with Gasteiger partial charge in [-0.1, -0.05) is 12.1 Å². The second-order valence-corrected chi connectivity index (χ2v) is 4.13. The van der Waals surface area contributed by atoms with Crippen molar-refractivity contribution in [3.05, 3.63) is 48.4 Å². The molecular formula is C13H12N4O. The van der Waals surface area contributed by atoms with E-state index in [4.69, 9.17) is 5.73 Å². The van der Waals surface area contributed by atoms with E-state index in [-0.39, 0.29) is 11.9 Å². The standard InChI is InChI=1S/C13H12N4O/c14-13-16-5-6-17(13)12(18)8-9-1-2-10-3-4-15-11(10)7-9/h1-7,15H,8H2,(H2,14,16). The third kappa shape index (κ3) is 1.75. The lowest BCUT2D eigenvalue weighted by atomic mass is 10.1. The zero-order valence-electron chi connectivity index (χ0n) is 9.63. The first kappa shape index (κ1) is 10.6. The van der Waals surface area contributed by atoms with Crippen LogP contribution in [0.15, 0.2) is 42.9 Å². The molecule has 90 valence electrons. The van der Waals surface area contributed by atoms with Crippen molar-refractivity contribution in [1.82, 2.24) is 14.5 Å². The molecule has 0 fully saturated rings. The monoisotopic (exact) mass is 240 g/mol. The van der Waals surface area contributed by atoms with E-state index >= 15 is 0 Å². The van der Waals surface area contributed by atoms with E-state index in [1.54, 1.807) is 6.20 Å². The van der Waals surface area contributed by atoms with Gasteiger partial charge in [-0.2, -0.15) is 0 Å². The Bertz CT molecular complexity index is 710. The van der Waals surface area contributed by atoms with E-state index in [0.717, 1.165) is 16.5 Å². The van der Waals surface area contributed by atoms with Gasteiger partial charge in [0.15, 0.2) is 0 Å². The first-order chi connectivity index (χ1) is 8.74. The van der Waals surface area contributed by atoms with Gasteiger partial charge in [-0.15, -0.1) is 0 Å². The summed E-state index contributed by atoms with van der Waals surface area (Å²) in [7, 11) is 0. The first-order valence-corrected chi connectivity index (χ1v) is 5.62. The Morgan fingerprint density at radius 2 is 2.28 bits per heavy atom. The summed E-state index contributed by atoms with van der Waals surface area (Å²) in [5.74, 6) is 0.136. The van der Waals surface area contributed by atoms with Crippen LogP contribution in [0.2, 0.25) is 0 Å². The number of imidazole rings is 1. The number of hydrogen-bond acceptors (Lipinski definition) is 3. The van der Waals surface area contributed by atoms with Gasteiger partial charge in [-0.25, -0.2) is 4.98 Å². The van der Waals surface area contributed by atoms with E-state index < -0.39 is 0 Å². The van der Waals surface area contributed by atoms with Crippen LogP contribution in [0, 0.1) is 0 Å². The highest BCUT2D eigenvalue weighted by Crippen LogP contribution is 2.15. The number of nitrogen functional groups attached to an aromatic ring is 1. The van der Waals surface area contributed by atoms with Crippen LogP contribution in [0.1, 0.15) is 10.4 Å². The number of nitrogens with two attached hydrogens (primary N) is 1. The quantitative estimate of drug-likeness (QED) is 0.717. The number of H-pyrrole nitrogens is 1. The van der Waals surface area contributed by atoms with Gasteiger partial charge in [0.05, 0.1) is 6.42 Å². The second kappa shape index (κ2) is 4.03. The molecule has 3 aromatic rings. The number of nitrogens with one attached hydrogen (secondary N) is 1. The van der Waals surface area contributed by atoms with Crippen LogP contribution in [0.25, 0.3) is 10.9 Å². The Hall–Kier alpha value is -2.56. The van der Waals surface area contributed by atoms with E-state index in [1.165, 1.54) is 10.8 Å². The Kier molecular flexibility index (Phi) is 2.37. The summed E-state index contributed by atoms with van der Waals surface area (Å²) in [6.45, 7) is 0. The predicted octanol–water partition coefficient (Wildman–Crippen LogP) is 1.83. The second-order valence-electron chi connectivity index (χ2n) is 4.13. The number of fused-ring (bicyclic) bond motifs is 1. The Morgan fingerprint density at radius 3 is 3.06 bits per heavy atom. The molecule has 0 aliphatic carbocycles. The zero-order valence-corrected chi connectivity index (χ0v) is 9.63. The van der Waals surface area contributed by atoms with Crippen molar-refractivity contribution in [2.24, 2.45) is 0 Å². The summed E-state index contributed by atoms with van der Waals surface area (Å²) >= 11 is 0. The Labute approximate surface area is 103 Å². The summed E-state index contributed by atoms with van der Waals surface area (Å²) in [6.07, 6.45) is 5.27. The third-order valence-electron chi connectivity index (χ3n) is 2.91. The highest BCUT2D eigenvalue weighted by Gasteiger charge is 2.09. The fourth-order valence-electron chi connectivity index (χ4n) is 1.99. The highest BCUT2D eigenvalue weighted by molar-refractivity contribution is 5.85. The minimum Gasteiger partial charge on any atom is -0.369 e. The number of rotatable bonds is 2. The maximum Gasteiger partial charge on any atom is 0.237 e. The number of carbonyl (C=O) groups is 1. The van der Waals surface area contributed by atoms with Crippen LogP contribution < -0.4 is 5.73 Å². The van der Waals surface area contributed by atoms with Gasteiger partial charge in [-0.3, -0.25) is 9.36 Å². The topological polar surface area (TPSA) is 76.7 Å². The predicted molar refractivity (Wildman–Crippen MR) is 69.3 cm³/mol. The average Bonchev–Trinajstić information content (AvgIpc) is 2.96. The van der Waals surface area contributed by atoms with Gasteiger partial charge >= 0.3 is 0 Å². The summed E-state index contributed by atoms with van der Waals surface area (Å²) in [5, 5.41) is 1.13. The van der Waals surface area contributed by atoms with Crippen LogP contribution in [0.3, 0.4) is 0 Å². The first-order valence-electron chi connectivity index (χ1n) is 5.62. The lowest BCUT2D eigenvalue weighted by molar-refractivity contribution is 0.0917. The van der Waals surface area contributed by atoms with Crippen molar-refractivity contribution in [2.75, 3.05) is 5.73 Å². The van der Waals surface area contributed by atoms with Crippen molar-refractivity contribution < 1.29 is 4.79 Å². The van der Waals surface area contributed by atoms with E-state index in [2.05, 4.69) is 9.97 Å². The molecule has 5 nitrogen and oxygen atoms in total. The lowest BCUT2D eigenvalue weighted by Crippen LogP contribution is -2.15. The highest BCUT2D eigenvalue weighted by atomic mass is 16.2. The molecule has 1 aromatic carbocycles. The maximum atomic E-state index is 12.0. The summed E-state index contributed by atoms with van der Waals surface area (Å²) in [5.41, 5.74) is 7.57. The minimum absolute atomic E-state index is 0.0871. The molecule has 18 heavy (non-hydrogen) atoms. The van der Waals surface area contributed by atoms with Crippen molar-refractivity contribution >= 4 is 22.8 Å². The van der Waals surface area contributed by atoms with Gasteiger partial charge in [0.2, 0.25) is 11.9 Å². The Balaban J connectivity index is 1.88. The number of anilines is 1. The molecule has 0 radical (unpaired) electrons. The molecule has 3 N–H and O–H groups in total. The Morgan fingerprint density at radius 1 is 1.39 bits per heavy atom. The minimum atomic E-state index is -0.0871. The zero-order chi connectivity index (χ0) is 12.5. The van der Waals surface area contributed by atoms with Crippen LogP contribution in [-0.4, -0.2) is 20.4 Å². The molecule has 0 aliphatic heterocycles. The number of hydrogen-bond donors (Lipinski definition) is 2. The van der Waals surface area contributed by atoms with Crippen molar-refractivity contribution in [2.45, 2.75) is 6.42 Å². The number of nitrogens with zero attached hydrogens (tertiary/aromatic N) is 2. The molecule has 0 spiro atoms. The molecule has 5 heteroatoms. The molecule has 0 atom stereocenters. The van der Waals surface area contributed by atoms with E-state index in [9.17, 15) is 4.79 Å². The summed E-state index contributed by atoms with van der Waals surface area (Å²) in [6, 6.07) is 7.90. The molecule has 2 heterocycles. The van der Waals surface area contributed by atoms with Crippen molar-refractivity contribution in [3.8, 4) is 0 Å². The smallest absolute Gasteiger partial charge is 0.237 e. The van der Waals surface area contributed by atoms with E-state index in [0.29, 0.717) is 6.42 Å². The summed E-state index contributed by atoms with van der Waals surface area (Å²) < 4.78 is 1.36. The van der Waals surface area contributed by atoms with Gasteiger partial charge in [0, 0.05) is 24.1 Å². The molecule has 0 aliphatic rings. The van der Waals surface area contributed by atoms with Crippen LogP contribution in [0.5, 0.6) is 0 Å². The molecule has 3 rings (SSSR count). The van der Waals surface area contributed by atoms with Crippen LogP contribution in [0.4, 0.5) is 5.95 Å². The van der Waals surface area contributed by atoms with Crippen molar-refractivity contribution in [3.63, 3.8) is 0 Å². The maximum absolute atomic E-state index is 12.0. The molecule has 0 bridgehead atoms. The fraction of sp³-hybridized carbons (Fsp3) is 0.0769. The SMILES string of the molecule is Nc1nccn1C(=O)Cc1ccc2cc[nH]c2c1. The van der Waals surface area contributed by atoms with Crippen LogP contribution in [-0.2, 0) is 6.42 Å². The molecule has 0 saturated carbocycles. The number of benzene rings is 1. The normalized spacial score (nSPS) is 10.9. The molecule has 2 aromatic heterocycles. The van der Waals surface area contributed by atoms with Gasteiger partial charge in [0.25, 0.3) is 0 Å². The van der Waals surface area contributed by atoms with Crippen molar-refractivity contribution in [1.29, 1.82) is 0 Å². The van der Waals surface area contributed by atoms with Crippen LogP contribution >= 0.6 is 0 Å². The number of aromatic nitrogens is 3. The molecule has 0 amide bonds. The largest absolute Gasteiger partial charge is 0.369 e. The van der Waals surface area contributed by atoms with Gasteiger partial charge in [0.1, 0.15) is 0 Å². The number of aromatic amines is 1. The number of carbonyl (C=O) groups excluding carboxylic acids is 1. The summed E-state index contributed by atoms with van der Waals surface area (Å²) in [4.78, 5) is 19.0. The molecular weight excluding hydrogens is 228 g/mol. The fourth-order valence-corrected chi connectivity index (χ4v) is 1.99. The molecule has 0 saturated heterocycles. The average molecular weight is 240 g/mol. The van der Waals surface area contributed by atoms with Gasteiger partial charge in [-0.05, 0) is 23.1 Å².